The molecule has 3 aromatic rings. The molecule has 3 N–H and O–H groups in total. The molecule has 2 atom stereocenters. The topological polar surface area (TPSA) is 87.8 Å². The number of halogens is 3. The van der Waals surface area contributed by atoms with E-state index in [1.807, 2.05) is 6.07 Å². The number of anilines is 1. The minimum Gasteiger partial charge on any atom is -0.372 e. The second-order valence-corrected chi connectivity index (χ2v) is 8.33. The van der Waals surface area contributed by atoms with Crippen LogP contribution in [-0.4, -0.2) is 45.7 Å². The maximum Gasteiger partial charge on any atom is 0.419 e. The van der Waals surface area contributed by atoms with Gasteiger partial charge in [0.05, 0.1) is 17.5 Å². The SMILES string of the molecule is FC(F)(F)c1cnc(N[C@@H]2CCCNC2)nc1-c1c[nH]c2nc(C3CCCCO3)ccc12. The summed E-state index contributed by atoms with van der Waals surface area (Å²) in [5.41, 5.74) is 0.628. The van der Waals surface area contributed by atoms with E-state index in [9.17, 15) is 13.2 Å². The van der Waals surface area contributed by atoms with E-state index < -0.39 is 11.7 Å². The number of pyridine rings is 1. The quantitative estimate of drug-likeness (QED) is 0.549. The van der Waals surface area contributed by atoms with Crippen molar-refractivity contribution in [2.45, 2.75) is 50.4 Å². The van der Waals surface area contributed by atoms with Crippen molar-refractivity contribution in [1.82, 2.24) is 25.3 Å². The van der Waals surface area contributed by atoms with Crippen LogP contribution in [0.15, 0.2) is 24.5 Å². The molecular weight excluding hydrogens is 421 g/mol. The Bertz CT molecular complexity index is 1090. The lowest BCUT2D eigenvalue weighted by Gasteiger charge is -2.24. The molecule has 2 aliphatic rings. The monoisotopic (exact) mass is 446 g/mol. The number of hydrogen-bond acceptors (Lipinski definition) is 6. The van der Waals surface area contributed by atoms with Crippen LogP contribution in [0, 0.1) is 0 Å². The minimum atomic E-state index is -4.58. The molecule has 0 amide bonds. The van der Waals surface area contributed by atoms with Gasteiger partial charge in [0.1, 0.15) is 11.2 Å². The number of alkyl halides is 3. The molecule has 2 aliphatic heterocycles. The molecule has 0 spiro atoms. The second-order valence-electron chi connectivity index (χ2n) is 8.33. The first-order valence-corrected chi connectivity index (χ1v) is 11.0. The van der Waals surface area contributed by atoms with Gasteiger partial charge in [-0.1, -0.05) is 0 Å². The summed E-state index contributed by atoms with van der Waals surface area (Å²) >= 11 is 0. The Morgan fingerprint density at radius 1 is 1.09 bits per heavy atom. The molecule has 3 aromatic heterocycles. The van der Waals surface area contributed by atoms with E-state index in [0.29, 0.717) is 23.2 Å². The van der Waals surface area contributed by atoms with Crippen molar-refractivity contribution >= 4 is 17.0 Å². The van der Waals surface area contributed by atoms with Gasteiger partial charge in [-0.05, 0) is 50.8 Å². The van der Waals surface area contributed by atoms with E-state index in [2.05, 4.69) is 30.6 Å². The molecule has 2 saturated heterocycles. The molecule has 0 aliphatic carbocycles. The van der Waals surface area contributed by atoms with Gasteiger partial charge in [-0.3, -0.25) is 0 Å². The van der Waals surface area contributed by atoms with Crippen LogP contribution in [-0.2, 0) is 10.9 Å². The number of piperidine rings is 1. The zero-order chi connectivity index (χ0) is 22.1. The smallest absolute Gasteiger partial charge is 0.372 e. The molecule has 10 heteroatoms. The zero-order valence-electron chi connectivity index (χ0n) is 17.5. The van der Waals surface area contributed by atoms with Gasteiger partial charge in [0.25, 0.3) is 0 Å². The Morgan fingerprint density at radius 3 is 2.75 bits per heavy atom. The number of nitrogens with one attached hydrogen (secondary N) is 3. The summed E-state index contributed by atoms with van der Waals surface area (Å²) in [6.07, 6.45) is 2.64. The summed E-state index contributed by atoms with van der Waals surface area (Å²) in [7, 11) is 0. The highest BCUT2D eigenvalue weighted by Crippen LogP contribution is 2.39. The summed E-state index contributed by atoms with van der Waals surface area (Å²) in [4.78, 5) is 15.9. The van der Waals surface area contributed by atoms with Gasteiger partial charge in [-0.15, -0.1) is 0 Å². The van der Waals surface area contributed by atoms with Crippen LogP contribution in [0.2, 0.25) is 0 Å². The predicted octanol–water partition coefficient (Wildman–Crippen LogP) is 4.44. The molecule has 0 aromatic carbocycles. The van der Waals surface area contributed by atoms with Crippen LogP contribution in [0.25, 0.3) is 22.3 Å². The van der Waals surface area contributed by atoms with Crippen molar-refractivity contribution in [3.63, 3.8) is 0 Å². The normalized spacial score (nSPS) is 22.2. The van der Waals surface area contributed by atoms with Crippen LogP contribution < -0.4 is 10.6 Å². The zero-order valence-corrected chi connectivity index (χ0v) is 17.5. The number of nitrogens with zero attached hydrogens (tertiary/aromatic N) is 3. The standard InChI is InChI=1S/C22H25F3N6O/c23-22(24,25)16-12-28-21(29-13-4-3-8-26-10-13)31-19(16)15-11-27-20-14(15)6-7-17(30-20)18-5-1-2-9-32-18/h6-7,11-13,18,26H,1-5,8-10H2,(H,27,30)(H,28,29,31)/t13-,18?/m1/s1. The molecule has 5 rings (SSSR count). The van der Waals surface area contributed by atoms with Gasteiger partial charge in [0, 0.05) is 42.5 Å². The van der Waals surface area contributed by atoms with Gasteiger partial charge < -0.3 is 20.4 Å². The van der Waals surface area contributed by atoms with Gasteiger partial charge in [-0.25, -0.2) is 15.0 Å². The molecule has 0 saturated carbocycles. The molecule has 32 heavy (non-hydrogen) atoms. The molecular formula is C22H25F3N6O. The van der Waals surface area contributed by atoms with E-state index in [1.54, 1.807) is 6.07 Å². The van der Waals surface area contributed by atoms with Crippen molar-refractivity contribution in [3.8, 4) is 11.3 Å². The average molecular weight is 446 g/mol. The van der Waals surface area contributed by atoms with E-state index >= 15 is 0 Å². The Kier molecular flexibility index (Phi) is 5.73. The number of ether oxygens (including phenoxy) is 1. The third-order valence-corrected chi connectivity index (χ3v) is 6.05. The summed E-state index contributed by atoms with van der Waals surface area (Å²) in [5.74, 6) is 0.191. The highest BCUT2D eigenvalue weighted by atomic mass is 19.4. The number of rotatable bonds is 4. The van der Waals surface area contributed by atoms with E-state index in [4.69, 9.17) is 4.74 Å². The highest BCUT2D eigenvalue weighted by Gasteiger charge is 2.36. The molecule has 0 bridgehead atoms. The van der Waals surface area contributed by atoms with Crippen LogP contribution in [0.3, 0.4) is 0 Å². The number of aromatic nitrogens is 4. The first-order chi connectivity index (χ1) is 15.5. The van der Waals surface area contributed by atoms with Gasteiger partial charge in [0.2, 0.25) is 5.95 Å². The van der Waals surface area contributed by atoms with Crippen molar-refractivity contribution < 1.29 is 17.9 Å². The van der Waals surface area contributed by atoms with Crippen molar-refractivity contribution in [1.29, 1.82) is 0 Å². The highest BCUT2D eigenvalue weighted by molar-refractivity contribution is 5.93. The molecule has 2 fully saturated rings. The van der Waals surface area contributed by atoms with Crippen LogP contribution in [0.1, 0.15) is 49.5 Å². The maximum absolute atomic E-state index is 13.8. The summed E-state index contributed by atoms with van der Waals surface area (Å²) < 4.78 is 47.2. The van der Waals surface area contributed by atoms with Crippen molar-refractivity contribution in [2.75, 3.05) is 25.0 Å². The third-order valence-electron chi connectivity index (χ3n) is 6.05. The molecule has 170 valence electrons. The molecule has 5 heterocycles. The van der Waals surface area contributed by atoms with Crippen molar-refractivity contribution in [3.05, 3.63) is 35.8 Å². The minimum absolute atomic E-state index is 0.0791. The number of hydrogen-bond donors (Lipinski definition) is 3. The second kappa shape index (κ2) is 8.67. The van der Waals surface area contributed by atoms with Crippen molar-refractivity contribution in [2.24, 2.45) is 0 Å². The Labute approximate surface area is 183 Å². The van der Waals surface area contributed by atoms with Crippen LogP contribution in [0.4, 0.5) is 19.1 Å². The third kappa shape index (κ3) is 4.29. The summed E-state index contributed by atoms with van der Waals surface area (Å²) in [6, 6.07) is 3.70. The van der Waals surface area contributed by atoms with Crippen LogP contribution in [0.5, 0.6) is 0 Å². The lowest BCUT2D eigenvalue weighted by atomic mass is 10.0. The molecule has 7 nitrogen and oxygen atoms in total. The number of aromatic amines is 1. The lowest BCUT2D eigenvalue weighted by Crippen LogP contribution is -2.38. The van der Waals surface area contributed by atoms with Gasteiger partial charge >= 0.3 is 6.18 Å². The predicted molar refractivity (Wildman–Crippen MR) is 114 cm³/mol. The largest absolute Gasteiger partial charge is 0.419 e. The number of fused-ring (bicyclic) bond motifs is 1. The Hall–Kier alpha value is -2.72. The van der Waals surface area contributed by atoms with E-state index in [0.717, 1.165) is 57.1 Å². The first-order valence-electron chi connectivity index (χ1n) is 11.0. The number of H-pyrrole nitrogens is 1. The molecule has 0 radical (unpaired) electrons. The van der Waals surface area contributed by atoms with Gasteiger partial charge in [-0.2, -0.15) is 13.2 Å². The Morgan fingerprint density at radius 2 is 2.00 bits per heavy atom. The molecule has 1 unspecified atom stereocenters. The fourth-order valence-electron chi connectivity index (χ4n) is 4.39. The van der Waals surface area contributed by atoms with E-state index in [-0.39, 0.29) is 23.8 Å². The Balaban J connectivity index is 1.52. The van der Waals surface area contributed by atoms with Crippen LogP contribution >= 0.6 is 0 Å². The lowest BCUT2D eigenvalue weighted by molar-refractivity contribution is -0.137. The summed E-state index contributed by atoms with van der Waals surface area (Å²) in [6.45, 7) is 2.36. The fraction of sp³-hybridized carbons (Fsp3) is 0.500. The maximum atomic E-state index is 13.8. The van der Waals surface area contributed by atoms with E-state index in [1.165, 1.54) is 6.20 Å². The first kappa shape index (κ1) is 21.1. The summed E-state index contributed by atoms with van der Waals surface area (Å²) in [5, 5.41) is 7.02. The fourth-order valence-corrected chi connectivity index (χ4v) is 4.39. The van der Waals surface area contributed by atoms with Gasteiger partial charge in [0.15, 0.2) is 0 Å². The average Bonchev–Trinajstić information content (AvgIpc) is 3.23.